The van der Waals surface area contributed by atoms with Crippen LogP contribution in [0.25, 0.3) is 10.9 Å². The molecule has 0 saturated carbocycles. The van der Waals surface area contributed by atoms with Crippen LogP contribution in [-0.4, -0.2) is 20.2 Å². The van der Waals surface area contributed by atoms with Gasteiger partial charge in [-0.2, -0.15) is 10.4 Å². The molecule has 0 spiro atoms. The van der Waals surface area contributed by atoms with Gasteiger partial charge in [-0.15, -0.1) is 0 Å². The van der Waals surface area contributed by atoms with Crippen molar-refractivity contribution < 1.29 is 4.39 Å². The third-order valence-electron chi connectivity index (χ3n) is 4.42. The maximum absolute atomic E-state index is 13.2. The molecule has 2 aromatic heterocycles. The van der Waals surface area contributed by atoms with Crippen LogP contribution in [0.3, 0.4) is 0 Å². The molecule has 4 aromatic rings. The van der Waals surface area contributed by atoms with Crippen LogP contribution < -0.4 is 5.32 Å². The normalized spacial score (nSPS) is 11.9. The first kappa shape index (κ1) is 17.6. The molecule has 0 bridgehead atoms. The number of benzene rings is 2. The summed E-state index contributed by atoms with van der Waals surface area (Å²) in [7, 11) is 0. The van der Waals surface area contributed by atoms with E-state index < -0.39 is 5.92 Å². The van der Waals surface area contributed by atoms with E-state index in [4.69, 9.17) is 0 Å². The highest BCUT2D eigenvalue weighted by molar-refractivity contribution is 5.90. The van der Waals surface area contributed by atoms with E-state index in [-0.39, 0.29) is 5.82 Å². The second kappa shape index (κ2) is 7.45. The Labute approximate surface area is 161 Å². The number of H-pyrrole nitrogens is 1. The van der Waals surface area contributed by atoms with Crippen LogP contribution in [0.5, 0.6) is 0 Å². The molecule has 138 valence electrons. The lowest BCUT2D eigenvalue weighted by Gasteiger charge is -2.12. The van der Waals surface area contributed by atoms with Crippen molar-refractivity contribution in [2.45, 2.75) is 19.3 Å². The van der Waals surface area contributed by atoms with Gasteiger partial charge in [-0.25, -0.2) is 14.4 Å². The summed E-state index contributed by atoms with van der Waals surface area (Å²) in [6.07, 6.45) is 0.321. The van der Waals surface area contributed by atoms with Crippen molar-refractivity contribution in [3.63, 3.8) is 0 Å². The highest BCUT2D eigenvalue weighted by atomic mass is 19.1. The first-order valence-corrected chi connectivity index (χ1v) is 8.82. The minimum Gasteiger partial charge on any atom is -0.323 e. The van der Waals surface area contributed by atoms with E-state index in [0.29, 0.717) is 23.9 Å². The number of halogens is 1. The Morgan fingerprint density at radius 2 is 1.93 bits per heavy atom. The Morgan fingerprint density at radius 3 is 2.64 bits per heavy atom. The number of hydrogen-bond acceptors (Lipinski definition) is 5. The van der Waals surface area contributed by atoms with Crippen LogP contribution in [0.1, 0.15) is 23.0 Å². The van der Waals surface area contributed by atoms with Crippen LogP contribution in [0.15, 0.2) is 54.6 Å². The minimum atomic E-state index is -0.470. The van der Waals surface area contributed by atoms with Gasteiger partial charge in [0.2, 0.25) is 0 Å². The molecule has 0 saturated heterocycles. The van der Waals surface area contributed by atoms with Gasteiger partial charge in [-0.1, -0.05) is 24.3 Å². The van der Waals surface area contributed by atoms with E-state index in [1.54, 1.807) is 12.1 Å². The van der Waals surface area contributed by atoms with Crippen molar-refractivity contribution in [1.29, 1.82) is 5.26 Å². The summed E-state index contributed by atoms with van der Waals surface area (Å²) in [5.41, 5.74) is 2.44. The summed E-state index contributed by atoms with van der Waals surface area (Å²) in [5, 5.41) is 20.8. The van der Waals surface area contributed by atoms with Crippen LogP contribution >= 0.6 is 0 Å². The molecule has 2 heterocycles. The van der Waals surface area contributed by atoms with Crippen molar-refractivity contribution in [3.8, 4) is 6.07 Å². The lowest BCUT2D eigenvalue weighted by Crippen LogP contribution is -2.07. The Balaban J connectivity index is 1.70. The predicted molar refractivity (Wildman–Crippen MR) is 105 cm³/mol. The molecule has 1 unspecified atom stereocenters. The van der Waals surface area contributed by atoms with E-state index in [1.807, 2.05) is 37.3 Å². The van der Waals surface area contributed by atoms with Crippen molar-refractivity contribution in [3.05, 3.63) is 77.5 Å². The van der Waals surface area contributed by atoms with Crippen molar-refractivity contribution in [2.24, 2.45) is 0 Å². The van der Waals surface area contributed by atoms with Gasteiger partial charge in [0.1, 0.15) is 17.5 Å². The molecule has 2 N–H and O–H groups in total. The molecule has 0 aliphatic carbocycles. The fourth-order valence-corrected chi connectivity index (χ4v) is 3.03. The molecule has 1 atom stereocenters. The first-order chi connectivity index (χ1) is 13.6. The number of nitriles is 1. The zero-order chi connectivity index (χ0) is 19.5. The average molecular weight is 372 g/mol. The fourth-order valence-electron chi connectivity index (χ4n) is 3.03. The number of aromatic nitrogens is 4. The molecule has 4 rings (SSSR count). The van der Waals surface area contributed by atoms with Gasteiger partial charge in [-0.3, -0.25) is 5.10 Å². The summed E-state index contributed by atoms with van der Waals surface area (Å²) in [6, 6.07) is 17.8. The molecule has 0 fully saturated rings. The number of aromatic amines is 1. The molecule has 6 nitrogen and oxygen atoms in total. The van der Waals surface area contributed by atoms with E-state index in [0.717, 1.165) is 22.2 Å². The molecular weight excluding hydrogens is 355 g/mol. The number of nitrogens with zero attached hydrogens (tertiary/aromatic N) is 4. The molecule has 0 aliphatic rings. The van der Waals surface area contributed by atoms with E-state index in [1.165, 1.54) is 12.1 Å². The average Bonchev–Trinajstić information content (AvgIpc) is 3.11. The van der Waals surface area contributed by atoms with Gasteiger partial charge in [0.15, 0.2) is 5.82 Å². The summed E-state index contributed by atoms with van der Waals surface area (Å²) < 4.78 is 13.2. The van der Waals surface area contributed by atoms with Gasteiger partial charge in [0, 0.05) is 23.6 Å². The number of rotatable bonds is 5. The van der Waals surface area contributed by atoms with E-state index in [9.17, 15) is 9.65 Å². The van der Waals surface area contributed by atoms with Gasteiger partial charge < -0.3 is 5.32 Å². The van der Waals surface area contributed by atoms with Crippen LogP contribution in [0, 0.1) is 24.1 Å². The maximum atomic E-state index is 13.2. The Morgan fingerprint density at radius 1 is 1.14 bits per heavy atom. The lowest BCUT2D eigenvalue weighted by molar-refractivity contribution is 0.626. The Hall–Kier alpha value is -3.79. The third-order valence-corrected chi connectivity index (χ3v) is 4.42. The monoisotopic (exact) mass is 372 g/mol. The minimum absolute atomic E-state index is 0.321. The summed E-state index contributed by atoms with van der Waals surface area (Å²) in [5.74, 6) is 1.01. The topological polar surface area (TPSA) is 90.3 Å². The second-order valence-corrected chi connectivity index (χ2v) is 6.50. The van der Waals surface area contributed by atoms with Gasteiger partial charge in [0.25, 0.3) is 0 Å². The van der Waals surface area contributed by atoms with Gasteiger partial charge >= 0.3 is 0 Å². The second-order valence-electron chi connectivity index (χ2n) is 6.50. The number of anilines is 2. The molecular formula is C21H17FN6. The Bertz CT molecular complexity index is 1160. The first-order valence-electron chi connectivity index (χ1n) is 8.82. The largest absolute Gasteiger partial charge is 0.323 e. The Kier molecular flexibility index (Phi) is 4.68. The summed E-state index contributed by atoms with van der Waals surface area (Å²) >= 11 is 0. The lowest BCUT2D eigenvalue weighted by atomic mass is 9.97. The van der Waals surface area contributed by atoms with Crippen LogP contribution in [0.4, 0.5) is 16.0 Å². The number of para-hydroxylation sites is 1. The molecule has 0 amide bonds. The SMILES string of the molecule is Cc1cc(Nc2nc(CC(C#N)c3ccc(F)cc3)nc3ccccc23)n[nH]1. The van der Waals surface area contributed by atoms with Crippen LogP contribution in [-0.2, 0) is 6.42 Å². The third kappa shape index (κ3) is 3.67. The summed E-state index contributed by atoms with van der Waals surface area (Å²) in [6.45, 7) is 1.92. The number of hydrogen-bond donors (Lipinski definition) is 2. The van der Waals surface area contributed by atoms with Crippen molar-refractivity contribution in [1.82, 2.24) is 20.2 Å². The van der Waals surface area contributed by atoms with Gasteiger partial charge in [0.05, 0.1) is 17.5 Å². The zero-order valence-electron chi connectivity index (χ0n) is 15.1. The molecule has 0 aliphatic heterocycles. The quantitative estimate of drug-likeness (QED) is 0.542. The number of fused-ring (bicyclic) bond motifs is 1. The summed E-state index contributed by atoms with van der Waals surface area (Å²) in [4.78, 5) is 9.24. The van der Waals surface area contributed by atoms with Crippen molar-refractivity contribution >= 4 is 22.5 Å². The molecule has 2 aromatic carbocycles. The van der Waals surface area contributed by atoms with E-state index >= 15 is 0 Å². The molecule has 0 radical (unpaired) electrons. The molecule has 7 heteroatoms. The van der Waals surface area contributed by atoms with E-state index in [2.05, 4.69) is 31.6 Å². The number of aryl methyl sites for hydroxylation is 1. The standard InChI is InChI=1S/C21H17FN6/c1-13-10-20(28-27-13)26-21-17-4-2-3-5-18(17)24-19(25-21)11-15(12-23)14-6-8-16(22)9-7-14/h2-10,15H,11H2,1H3,(H2,24,25,26,27,28). The van der Waals surface area contributed by atoms with Crippen LogP contribution in [0.2, 0.25) is 0 Å². The van der Waals surface area contributed by atoms with Crippen molar-refractivity contribution in [2.75, 3.05) is 5.32 Å². The molecule has 28 heavy (non-hydrogen) atoms. The number of nitrogens with one attached hydrogen (secondary N) is 2. The maximum Gasteiger partial charge on any atom is 0.153 e. The smallest absolute Gasteiger partial charge is 0.153 e. The zero-order valence-corrected chi connectivity index (χ0v) is 15.1. The highest BCUT2D eigenvalue weighted by Crippen LogP contribution is 2.26. The fraction of sp³-hybridized carbons (Fsp3) is 0.143. The van der Waals surface area contributed by atoms with Gasteiger partial charge in [-0.05, 0) is 36.8 Å². The highest BCUT2D eigenvalue weighted by Gasteiger charge is 2.16. The predicted octanol–water partition coefficient (Wildman–Crippen LogP) is 4.39.